The Morgan fingerprint density at radius 3 is 1.92 bits per heavy atom. The number of ketones is 1. The van der Waals surface area contributed by atoms with E-state index in [1.165, 1.54) is 6.92 Å². The summed E-state index contributed by atoms with van der Waals surface area (Å²) >= 11 is 0. The minimum atomic E-state index is -4.23. The van der Waals surface area contributed by atoms with Gasteiger partial charge in [-0.2, -0.15) is 13.2 Å². The van der Waals surface area contributed by atoms with E-state index in [1.54, 1.807) is 13.8 Å². The van der Waals surface area contributed by atoms with Gasteiger partial charge in [0.25, 0.3) is 0 Å². The third-order valence-electron chi connectivity index (χ3n) is 1.59. The first kappa shape index (κ1) is 11.5. The highest BCUT2D eigenvalue weighted by Gasteiger charge is 2.33. The third kappa shape index (κ3) is 4.36. The zero-order valence-electron chi connectivity index (χ0n) is 7.40. The molecule has 1 unspecified atom stereocenters. The van der Waals surface area contributed by atoms with Crippen molar-refractivity contribution in [1.29, 1.82) is 0 Å². The van der Waals surface area contributed by atoms with Gasteiger partial charge in [0.15, 0.2) is 0 Å². The highest BCUT2D eigenvalue weighted by Crippen LogP contribution is 2.26. The Bertz CT molecular complexity index is 160. The fraction of sp³-hybridized carbons (Fsp3) is 0.875. The van der Waals surface area contributed by atoms with Crippen LogP contribution in [0.2, 0.25) is 0 Å². The Hall–Kier alpha value is -0.540. The quantitative estimate of drug-likeness (QED) is 0.655. The largest absolute Gasteiger partial charge is 0.389 e. The van der Waals surface area contributed by atoms with Gasteiger partial charge in [-0.3, -0.25) is 4.79 Å². The van der Waals surface area contributed by atoms with E-state index in [9.17, 15) is 18.0 Å². The van der Waals surface area contributed by atoms with Crippen LogP contribution in [-0.4, -0.2) is 12.0 Å². The second-order valence-electron chi connectivity index (χ2n) is 3.28. The highest BCUT2D eigenvalue weighted by atomic mass is 19.4. The van der Waals surface area contributed by atoms with E-state index < -0.39 is 18.5 Å². The molecule has 1 nitrogen and oxygen atoms in total. The Morgan fingerprint density at radius 2 is 1.67 bits per heavy atom. The smallest absolute Gasteiger partial charge is 0.299 e. The van der Waals surface area contributed by atoms with Crippen LogP contribution in [0.25, 0.3) is 0 Å². The highest BCUT2D eigenvalue weighted by molar-refractivity contribution is 5.82. The van der Waals surface area contributed by atoms with Gasteiger partial charge in [0.1, 0.15) is 5.78 Å². The zero-order chi connectivity index (χ0) is 9.94. The zero-order valence-corrected chi connectivity index (χ0v) is 7.40. The maximum Gasteiger partial charge on any atom is 0.389 e. The number of halogens is 3. The number of alkyl halides is 3. The first-order valence-electron chi connectivity index (χ1n) is 3.84. The SMILES string of the molecule is CC(C)C(=O)C(C)CC(F)(F)F. The molecule has 72 valence electrons. The van der Waals surface area contributed by atoms with Gasteiger partial charge >= 0.3 is 6.18 Å². The van der Waals surface area contributed by atoms with E-state index in [4.69, 9.17) is 0 Å². The van der Waals surface area contributed by atoms with Crippen molar-refractivity contribution in [3.05, 3.63) is 0 Å². The number of carbonyl (C=O) groups is 1. The summed E-state index contributed by atoms with van der Waals surface area (Å²) in [6.45, 7) is 4.53. The first-order valence-corrected chi connectivity index (χ1v) is 3.84. The molecule has 4 heteroatoms. The van der Waals surface area contributed by atoms with Crippen molar-refractivity contribution in [2.75, 3.05) is 0 Å². The van der Waals surface area contributed by atoms with Crippen LogP contribution < -0.4 is 0 Å². The molecule has 0 aromatic rings. The predicted molar refractivity (Wildman–Crippen MR) is 39.7 cm³/mol. The molecule has 0 heterocycles. The molecule has 0 aromatic carbocycles. The minimum Gasteiger partial charge on any atom is -0.299 e. The number of carbonyl (C=O) groups excluding carboxylic acids is 1. The Balaban J connectivity index is 4.05. The van der Waals surface area contributed by atoms with E-state index >= 15 is 0 Å². The molecule has 0 rings (SSSR count). The topological polar surface area (TPSA) is 17.1 Å². The lowest BCUT2D eigenvalue weighted by Crippen LogP contribution is -2.23. The lowest BCUT2D eigenvalue weighted by Gasteiger charge is -2.14. The van der Waals surface area contributed by atoms with Crippen molar-refractivity contribution in [2.24, 2.45) is 11.8 Å². The molecule has 0 fully saturated rings. The summed E-state index contributed by atoms with van der Waals surface area (Å²) in [7, 11) is 0. The van der Waals surface area contributed by atoms with Gasteiger partial charge in [-0.15, -0.1) is 0 Å². The normalized spacial score (nSPS) is 14.9. The number of Topliss-reactive ketones (excluding diaryl/α,β-unsaturated/α-hetero) is 1. The van der Waals surface area contributed by atoms with Gasteiger partial charge in [-0.1, -0.05) is 20.8 Å². The Morgan fingerprint density at radius 1 is 1.25 bits per heavy atom. The summed E-state index contributed by atoms with van der Waals surface area (Å²) < 4.78 is 35.3. The van der Waals surface area contributed by atoms with Crippen molar-refractivity contribution in [1.82, 2.24) is 0 Å². The van der Waals surface area contributed by atoms with Crippen LogP contribution in [0, 0.1) is 11.8 Å². The van der Waals surface area contributed by atoms with Crippen LogP contribution in [0.15, 0.2) is 0 Å². The van der Waals surface area contributed by atoms with Crippen molar-refractivity contribution in [3.8, 4) is 0 Å². The van der Waals surface area contributed by atoms with Crippen LogP contribution in [0.3, 0.4) is 0 Å². The molecule has 0 saturated carbocycles. The van der Waals surface area contributed by atoms with Crippen molar-refractivity contribution < 1.29 is 18.0 Å². The average Bonchev–Trinajstić information content (AvgIpc) is 1.82. The molecule has 12 heavy (non-hydrogen) atoms. The molecular weight excluding hydrogens is 169 g/mol. The van der Waals surface area contributed by atoms with Gasteiger partial charge in [-0.05, 0) is 0 Å². The van der Waals surface area contributed by atoms with Crippen LogP contribution in [0.5, 0.6) is 0 Å². The molecule has 0 spiro atoms. The summed E-state index contributed by atoms with van der Waals surface area (Å²) in [6, 6.07) is 0. The van der Waals surface area contributed by atoms with Crippen molar-refractivity contribution in [3.63, 3.8) is 0 Å². The van der Waals surface area contributed by atoms with E-state index in [-0.39, 0.29) is 11.7 Å². The second kappa shape index (κ2) is 3.92. The van der Waals surface area contributed by atoms with Crippen LogP contribution in [-0.2, 0) is 4.79 Å². The standard InChI is InChI=1S/C8H13F3O/c1-5(2)7(12)6(3)4-8(9,10)11/h5-6H,4H2,1-3H3. The summed E-state index contributed by atoms with van der Waals surface area (Å²) in [5.41, 5.74) is 0. The summed E-state index contributed by atoms with van der Waals surface area (Å²) in [6.07, 6.45) is -5.24. The lowest BCUT2D eigenvalue weighted by molar-refractivity contribution is -0.153. The maximum atomic E-state index is 11.8. The lowest BCUT2D eigenvalue weighted by atomic mass is 9.94. The van der Waals surface area contributed by atoms with Crippen molar-refractivity contribution in [2.45, 2.75) is 33.4 Å². The number of hydrogen-bond donors (Lipinski definition) is 0. The molecule has 0 aliphatic heterocycles. The molecule has 0 amide bonds. The van der Waals surface area contributed by atoms with Crippen LogP contribution in [0.4, 0.5) is 13.2 Å². The number of hydrogen-bond acceptors (Lipinski definition) is 1. The van der Waals surface area contributed by atoms with E-state index in [0.29, 0.717) is 0 Å². The van der Waals surface area contributed by atoms with E-state index in [2.05, 4.69) is 0 Å². The average molecular weight is 182 g/mol. The predicted octanol–water partition coefficient (Wildman–Crippen LogP) is 2.80. The molecule has 1 atom stereocenters. The molecule has 0 N–H and O–H groups in total. The van der Waals surface area contributed by atoms with Crippen LogP contribution in [0.1, 0.15) is 27.2 Å². The molecule has 0 aliphatic carbocycles. The van der Waals surface area contributed by atoms with Gasteiger partial charge < -0.3 is 0 Å². The number of rotatable bonds is 3. The molecule has 0 aromatic heterocycles. The maximum absolute atomic E-state index is 11.8. The molecule has 0 bridgehead atoms. The van der Waals surface area contributed by atoms with Gasteiger partial charge in [0.05, 0.1) is 6.42 Å². The summed E-state index contributed by atoms with van der Waals surface area (Å²) in [5, 5.41) is 0. The van der Waals surface area contributed by atoms with E-state index in [1.807, 2.05) is 0 Å². The first-order chi connectivity index (χ1) is 5.24. The fourth-order valence-corrected chi connectivity index (χ4v) is 1.02. The van der Waals surface area contributed by atoms with Crippen molar-refractivity contribution >= 4 is 5.78 Å². The molecule has 0 saturated heterocycles. The molecular formula is C8H13F3O. The minimum absolute atomic E-state index is 0.317. The molecule has 0 radical (unpaired) electrons. The molecule has 0 aliphatic rings. The third-order valence-corrected chi connectivity index (χ3v) is 1.59. The van der Waals surface area contributed by atoms with Gasteiger partial charge in [-0.25, -0.2) is 0 Å². The van der Waals surface area contributed by atoms with Gasteiger partial charge in [0, 0.05) is 11.8 Å². The monoisotopic (exact) mass is 182 g/mol. The Kier molecular flexibility index (Phi) is 3.74. The fourth-order valence-electron chi connectivity index (χ4n) is 1.02. The van der Waals surface area contributed by atoms with Crippen LogP contribution >= 0.6 is 0 Å². The summed E-state index contributed by atoms with van der Waals surface area (Å²) in [5.74, 6) is -1.56. The van der Waals surface area contributed by atoms with E-state index in [0.717, 1.165) is 0 Å². The summed E-state index contributed by atoms with van der Waals surface area (Å²) in [4.78, 5) is 11.0. The Labute approximate surface area is 70.0 Å². The second-order valence-corrected chi connectivity index (χ2v) is 3.28. The van der Waals surface area contributed by atoms with Gasteiger partial charge in [0.2, 0.25) is 0 Å².